The zero-order valence-corrected chi connectivity index (χ0v) is 14.6. The highest BCUT2D eigenvalue weighted by molar-refractivity contribution is 5.92. The number of hydrogen-bond donors (Lipinski definition) is 1. The summed E-state index contributed by atoms with van der Waals surface area (Å²) >= 11 is 0. The molecule has 0 bridgehead atoms. The van der Waals surface area contributed by atoms with E-state index in [1.165, 1.54) is 33.4 Å². The van der Waals surface area contributed by atoms with Crippen molar-refractivity contribution in [3.63, 3.8) is 0 Å². The first-order valence-corrected chi connectivity index (χ1v) is 8.25. The van der Waals surface area contributed by atoms with Gasteiger partial charge in [0.15, 0.2) is 0 Å². The van der Waals surface area contributed by atoms with Gasteiger partial charge in [-0.25, -0.2) is 0 Å². The molecule has 0 heterocycles. The van der Waals surface area contributed by atoms with Crippen LogP contribution in [0.2, 0.25) is 0 Å². The summed E-state index contributed by atoms with van der Waals surface area (Å²) in [5.41, 5.74) is 9.61. The Morgan fingerprint density at radius 2 is 1.17 bits per heavy atom. The van der Waals surface area contributed by atoms with E-state index in [9.17, 15) is 0 Å². The predicted molar refractivity (Wildman–Crippen MR) is 106 cm³/mol. The van der Waals surface area contributed by atoms with Gasteiger partial charge in [-0.2, -0.15) is 0 Å². The summed E-state index contributed by atoms with van der Waals surface area (Å²) in [5.74, 6) is 0. The molecule has 0 aliphatic heterocycles. The first-order valence-electron chi connectivity index (χ1n) is 8.25. The van der Waals surface area contributed by atoms with Crippen LogP contribution in [0.1, 0.15) is 16.7 Å². The maximum atomic E-state index is 4.05. The number of hydrogen-bond acceptors (Lipinski definition) is 1. The van der Waals surface area contributed by atoms with Crippen molar-refractivity contribution >= 4 is 11.8 Å². The minimum Gasteiger partial charge on any atom is -0.387 e. The fourth-order valence-electron chi connectivity index (χ4n) is 3.06. The normalized spacial score (nSPS) is 10.5. The average molecular weight is 313 g/mol. The third kappa shape index (κ3) is 2.98. The van der Waals surface area contributed by atoms with E-state index in [1.807, 2.05) is 13.1 Å². The molecule has 1 heteroatoms. The van der Waals surface area contributed by atoms with Crippen molar-refractivity contribution in [2.24, 2.45) is 0 Å². The SMILES string of the molecule is C=Cc1c(-c2ccc(C)cc2)ccc(-c2ccc(C)cc2)c1NC. The summed E-state index contributed by atoms with van der Waals surface area (Å²) in [7, 11) is 1.97. The van der Waals surface area contributed by atoms with Crippen LogP contribution in [0.15, 0.2) is 67.2 Å². The van der Waals surface area contributed by atoms with Crippen LogP contribution in [0.4, 0.5) is 5.69 Å². The van der Waals surface area contributed by atoms with Crippen LogP contribution in [0.3, 0.4) is 0 Å². The largest absolute Gasteiger partial charge is 0.387 e. The van der Waals surface area contributed by atoms with Crippen LogP contribution in [-0.2, 0) is 0 Å². The van der Waals surface area contributed by atoms with Crippen LogP contribution < -0.4 is 5.32 Å². The third-order valence-electron chi connectivity index (χ3n) is 4.42. The van der Waals surface area contributed by atoms with Gasteiger partial charge in [-0.05, 0) is 30.5 Å². The number of anilines is 1. The predicted octanol–water partition coefficient (Wildman–Crippen LogP) is 6.32. The Hall–Kier alpha value is -2.80. The summed E-state index contributed by atoms with van der Waals surface area (Å²) in [5, 5.41) is 3.38. The maximum absolute atomic E-state index is 4.05. The fraction of sp³-hybridized carbons (Fsp3) is 0.130. The molecule has 3 aromatic rings. The van der Waals surface area contributed by atoms with E-state index in [4.69, 9.17) is 0 Å². The molecule has 0 radical (unpaired) electrons. The Morgan fingerprint density at radius 3 is 1.62 bits per heavy atom. The molecule has 24 heavy (non-hydrogen) atoms. The zero-order chi connectivity index (χ0) is 17.1. The number of aryl methyl sites for hydroxylation is 2. The lowest BCUT2D eigenvalue weighted by atomic mass is 9.92. The van der Waals surface area contributed by atoms with Gasteiger partial charge in [-0.1, -0.05) is 84.4 Å². The Balaban J connectivity index is 2.19. The van der Waals surface area contributed by atoms with Gasteiger partial charge in [0, 0.05) is 23.9 Å². The molecule has 0 aromatic heterocycles. The lowest BCUT2D eigenvalue weighted by molar-refractivity contribution is 1.44. The lowest BCUT2D eigenvalue weighted by Gasteiger charge is -2.17. The highest BCUT2D eigenvalue weighted by atomic mass is 14.8. The van der Waals surface area contributed by atoms with Crippen molar-refractivity contribution in [2.75, 3.05) is 12.4 Å². The molecule has 0 aliphatic rings. The Bertz CT molecular complexity index is 856. The first kappa shape index (κ1) is 16.1. The number of rotatable bonds is 4. The van der Waals surface area contributed by atoms with Crippen molar-refractivity contribution in [3.05, 3.63) is 83.9 Å². The highest BCUT2D eigenvalue weighted by Gasteiger charge is 2.13. The molecular formula is C23H23N. The number of benzene rings is 3. The highest BCUT2D eigenvalue weighted by Crippen LogP contribution is 2.38. The van der Waals surface area contributed by atoms with Crippen LogP contribution in [0.5, 0.6) is 0 Å². The van der Waals surface area contributed by atoms with Gasteiger partial charge in [0.1, 0.15) is 0 Å². The zero-order valence-electron chi connectivity index (χ0n) is 14.6. The van der Waals surface area contributed by atoms with Gasteiger partial charge >= 0.3 is 0 Å². The van der Waals surface area contributed by atoms with Crippen molar-refractivity contribution in [1.29, 1.82) is 0 Å². The molecular weight excluding hydrogens is 290 g/mol. The second kappa shape index (κ2) is 6.76. The van der Waals surface area contributed by atoms with Gasteiger partial charge < -0.3 is 5.32 Å². The van der Waals surface area contributed by atoms with Gasteiger partial charge in [-0.3, -0.25) is 0 Å². The minimum atomic E-state index is 1.12. The molecule has 1 N–H and O–H groups in total. The second-order valence-electron chi connectivity index (χ2n) is 6.14. The maximum Gasteiger partial charge on any atom is 0.0496 e. The molecule has 0 unspecified atom stereocenters. The van der Waals surface area contributed by atoms with Crippen molar-refractivity contribution in [1.82, 2.24) is 0 Å². The summed E-state index contributed by atoms with van der Waals surface area (Å²) < 4.78 is 0. The average Bonchev–Trinajstić information content (AvgIpc) is 2.62. The van der Waals surface area contributed by atoms with E-state index in [0.717, 1.165) is 11.3 Å². The van der Waals surface area contributed by atoms with E-state index in [-0.39, 0.29) is 0 Å². The summed E-state index contributed by atoms with van der Waals surface area (Å²) in [6.45, 7) is 8.27. The first-order chi connectivity index (χ1) is 11.6. The monoisotopic (exact) mass is 313 g/mol. The van der Waals surface area contributed by atoms with E-state index in [0.29, 0.717) is 0 Å². The molecule has 3 aromatic carbocycles. The van der Waals surface area contributed by atoms with Gasteiger partial charge in [0.25, 0.3) is 0 Å². The molecule has 0 amide bonds. The quantitative estimate of drug-likeness (QED) is 0.594. The topological polar surface area (TPSA) is 12.0 Å². The third-order valence-corrected chi connectivity index (χ3v) is 4.42. The molecule has 0 fully saturated rings. The van der Waals surface area contributed by atoms with E-state index in [2.05, 4.69) is 86.4 Å². The number of nitrogens with one attached hydrogen (secondary N) is 1. The molecule has 120 valence electrons. The molecule has 1 nitrogen and oxygen atoms in total. The van der Waals surface area contributed by atoms with Crippen molar-refractivity contribution < 1.29 is 0 Å². The van der Waals surface area contributed by atoms with Crippen LogP contribution in [0.25, 0.3) is 28.3 Å². The molecule has 0 saturated heterocycles. The summed E-state index contributed by atoms with van der Waals surface area (Å²) in [6.07, 6.45) is 1.94. The minimum absolute atomic E-state index is 1.12. The lowest BCUT2D eigenvalue weighted by Crippen LogP contribution is -1.98. The summed E-state index contributed by atoms with van der Waals surface area (Å²) in [6, 6.07) is 21.7. The molecule has 0 saturated carbocycles. The van der Waals surface area contributed by atoms with Crippen molar-refractivity contribution in [3.8, 4) is 22.3 Å². The van der Waals surface area contributed by atoms with E-state index >= 15 is 0 Å². The smallest absolute Gasteiger partial charge is 0.0496 e. The van der Waals surface area contributed by atoms with Gasteiger partial charge in [-0.15, -0.1) is 0 Å². The van der Waals surface area contributed by atoms with Crippen LogP contribution in [-0.4, -0.2) is 7.05 Å². The van der Waals surface area contributed by atoms with Gasteiger partial charge in [0.05, 0.1) is 0 Å². The Morgan fingerprint density at radius 1 is 0.708 bits per heavy atom. The summed E-state index contributed by atoms with van der Waals surface area (Å²) in [4.78, 5) is 0. The van der Waals surface area contributed by atoms with Crippen molar-refractivity contribution in [2.45, 2.75) is 13.8 Å². The van der Waals surface area contributed by atoms with Crippen LogP contribution in [0, 0.1) is 13.8 Å². The van der Waals surface area contributed by atoms with Crippen LogP contribution >= 0.6 is 0 Å². The molecule has 0 aliphatic carbocycles. The molecule has 0 atom stereocenters. The molecule has 3 rings (SSSR count). The fourth-order valence-corrected chi connectivity index (χ4v) is 3.06. The Kier molecular flexibility index (Phi) is 4.52. The Labute approximate surface area is 144 Å². The molecule has 0 spiro atoms. The van der Waals surface area contributed by atoms with E-state index in [1.54, 1.807) is 0 Å². The second-order valence-corrected chi connectivity index (χ2v) is 6.14. The van der Waals surface area contributed by atoms with E-state index < -0.39 is 0 Å². The standard InChI is InChI=1S/C23H23N/c1-5-20-21(18-10-6-16(2)7-11-18)14-15-22(23(20)24-4)19-12-8-17(3)9-13-19/h5-15,24H,1H2,2-4H3. The van der Waals surface area contributed by atoms with Gasteiger partial charge in [0.2, 0.25) is 0 Å².